The van der Waals surface area contributed by atoms with Gasteiger partial charge in [0.15, 0.2) is 0 Å². The summed E-state index contributed by atoms with van der Waals surface area (Å²) in [6.45, 7) is 3.33. The van der Waals surface area contributed by atoms with Crippen LogP contribution in [-0.2, 0) is 30.4 Å². The molecule has 130 valence electrons. The van der Waals surface area contributed by atoms with Gasteiger partial charge >= 0.3 is 18.0 Å². The highest BCUT2D eigenvalue weighted by Gasteiger charge is 2.47. The number of ether oxygens (including phenoxy) is 3. The van der Waals surface area contributed by atoms with Gasteiger partial charge in [-0.2, -0.15) is 0 Å². The maximum atomic E-state index is 12.0. The Kier molecular flexibility index (Phi) is 5.78. The maximum Gasteiger partial charge on any atom is 0.407 e. The third-order valence-corrected chi connectivity index (χ3v) is 4.08. The Morgan fingerprint density at radius 2 is 1.96 bits per heavy atom. The lowest BCUT2D eigenvalue weighted by Gasteiger charge is -2.24. The number of benzene rings is 1. The summed E-state index contributed by atoms with van der Waals surface area (Å²) in [7, 11) is 1.26. The van der Waals surface area contributed by atoms with Gasteiger partial charge in [0.2, 0.25) is 0 Å². The summed E-state index contributed by atoms with van der Waals surface area (Å²) in [6, 6.07) is 8.56. The number of hydrogen-bond acceptors (Lipinski definition) is 6. The number of alkyl carbamates (subject to hydrolysis) is 1. The number of amides is 1. The molecular formula is C17H21NO6. The van der Waals surface area contributed by atoms with Gasteiger partial charge in [0, 0.05) is 0 Å². The third kappa shape index (κ3) is 4.04. The highest BCUT2D eigenvalue weighted by molar-refractivity contribution is 5.80. The number of carbonyl (C=O) groups is 3. The van der Waals surface area contributed by atoms with E-state index in [2.05, 4.69) is 10.1 Å². The van der Waals surface area contributed by atoms with Gasteiger partial charge in [-0.3, -0.25) is 9.59 Å². The van der Waals surface area contributed by atoms with E-state index < -0.39 is 42.0 Å². The average Bonchev–Trinajstić information content (AvgIpc) is 2.87. The van der Waals surface area contributed by atoms with Crippen molar-refractivity contribution in [3.63, 3.8) is 0 Å². The summed E-state index contributed by atoms with van der Waals surface area (Å²) in [5, 5.41) is 2.62. The van der Waals surface area contributed by atoms with Crippen LogP contribution in [0.2, 0.25) is 0 Å². The van der Waals surface area contributed by atoms with Gasteiger partial charge < -0.3 is 19.5 Å². The van der Waals surface area contributed by atoms with Crippen LogP contribution in [0.25, 0.3) is 0 Å². The summed E-state index contributed by atoms with van der Waals surface area (Å²) >= 11 is 0. The zero-order valence-electron chi connectivity index (χ0n) is 13.9. The predicted octanol–water partition coefficient (Wildman–Crippen LogP) is 1.65. The number of methoxy groups -OCH3 is 1. The van der Waals surface area contributed by atoms with E-state index in [1.807, 2.05) is 30.3 Å². The minimum Gasteiger partial charge on any atom is -0.469 e. The molecule has 4 atom stereocenters. The van der Waals surface area contributed by atoms with E-state index >= 15 is 0 Å². The van der Waals surface area contributed by atoms with E-state index in [0.717, 1.165) is 5.56 Å². The highest BCUT2D eigenvalue weighted by Crippen LogP contribution is 2.27. The predicted molar refractivity (Wildman–Crippen MR) is 83.8 cm³/mol. The number of esters is 2. The molecule has 1 N–H and O–H groups in total. The Labute approximate surface area is 140 Å². The summed E-state index contributed by atoms with van der Waals surface area (Å²) in [6.07, 6.45) is -1.46. The van der Waals surface area contributed by atoms with Crippen molar-refractivity contribution >= 4 is 18.0 Å². The molecule has 0 saturated carbocycles. The molecule has 1 heterocycles. The van der Waals surface area contributed by atoms with Crippen molar-refractivity contribution in [1.82, 2.24) is 5.32 Å². The van der Waals surface area contributed by atoms with Crippen molar-refractivity contribution in [1.29, 1.82) is 0 Å². The van der Waals surface area contributed by atoms with E-state index in [1.165, 1.54) is 7.11 Å². The van der Waals surface area contributed by atoms with E-state index in [1.54, 1.807) is 13.8 Å². The van der Waals surface area contributed by atoms with Crippen LogP contribution in [0.15, 0.2) is 30.3 Å². The average molecular weight is 335 g/mol. The van der Waals surface area contributed by atoms with Gasteiger partial charge in [0.1, 0.15) is 12.7 Å². The van der Waals surface area contributed by atoms with Gasteiger partial charge in [-0.15, -0.1) is 0 Å². The quantitative estimate of drug-likeness (QED) is 0.650. The fraction of sp³-hybridized carbons (Fsp3) is 0.471. The molecule has 0 aliphatic carbocycles. The molecule has 1 aliphatic rings. The number of rotatable bonds is 5. The minimum absolute atomic E-state index is 0.111. The van der Waals surface area contributed by atoms with E-state index in [9.17, 15) is 14.4 Å². The molecule has 4 unspecified atom stereocenters. The lowest BCUT2D eigenvalue weighted by Crippen LogP contribution is -2.47. The first-order chi connectivity index (χ1) is 11.4. The second-order valence-electron chi connectivity index (χ2n) is 5.73. The standard InChI is InChI=1S/C17H21NO6/c1-10-13(14(24-16(10)20)11(2)15(19)22-3)18-17(21)23-9-12-7-5-4-6-8-12/h4-8,10-11,13-14H,9H2,1-3H3,(H,18,21). The van der Waals surface area contributed by atoms with Crippen LogP contribution in [0.5, 0.6) is 0 Å². The van der Waals surface area contributed by atoms with Gasteiger partial charge in [-0.1, -0.05) is 30.3 Å². The molecule has 1 aliphatic heterocycles. The Morgan fingerprint density at radius 1 is 1.29 bits per heavy atom. The van der Waals surface area contributed by atoms with Crippen LogP contribution in [0, 0.1) is 11.8 Å². The Hall–Kier alpha value is -2.57. The van der Waals surface area contributed by atoms with Crippen molar-refractivity contribution in [2.75, 3.05) is 7.11 Å². The van der Waals surface area contributed by atoms with Gasteiger partial charge in [-0.25, -0.2) is 4.79 Å². The molecule has 1 saturated heterocycles. The topological polar surface area (TPSA) is 90.9 Å². The second-order valence-corrected chi connectivity index (χ2v) is 5.73. The molecule has 1 fully saturated rings. The highest BCUT2D eigenvalue weighted by atomic mass is 16.6. The van der Waals surface area contributed by atoms with E-state index in [-0.39, 0.29) is 6.61 Å². The van der Waals surface area contributed by atoms with Crippen molar-refractivity contribution in [3.8, 4) is 0 Å². The molecule has 1 aromatic carbocycles. The molecule has 2 rings (SSSR count). The SMILES string of the molecule is COC(=O)C(C)C1OC(=O)C(C)C1NC(=O)OCc1ccccc1. The lowest BCUT2D eigenvalue weighted by atomic mass is 9.92. The number of carbonyl (C=O) groups excluding carboxylic acids is 3. The summed E-state index contributed by atoms with van der Waals surface area (Å²) in [5.74, 6) is -2.25. The monoisotopic (exact) mass is 335 g/mol. The molecule has 7 nitrogen and oxygen atoms in total. The largest absolute Gasteiger partial charge is 0.469 e. The van der Waals surface area contributed by atoms with E-state index in [4.69, 9.17) is 9.47 Å². The van der Waals surface area contributed by atoms with Gasteiger partial charge in [0.05, 0.1) is 25.0 Å². The first kappa shape index (κ1) is 17.8. The van der Waals surface area contributed by atoms with Crippen LogP contribution >= 0.6 is 0 Å². The molecule has 0 spiro atoms. The second kappa shape index (κ2) is 7.81. The summed E-state index contributed by atoms with van der Waals surface area (Å²) in [4.78, 5) is 35.5. The zero-order chi connectivity index (χ0) is 17.7. The van der Waals surface area contributed by atoms with Crippen LogP contribution < -0.4 is 5.32 Å². The Morgan fingerprint density at radius 3 is 2.58 bits per heavy atom. The fourth-order valence-corrected chi connectivity index (χ4v) is 2.59. The smallest absolute Gasteiger partial charge is 0.407 e. The molecule has 7 heteroatoms. The maximum absolute atomic E-state index is 12.0. The molecular weight excluding hydrogens is 314 g/mol. The zero-order valence-corrected chi connectivity index (χ0v) is 13.9. The first-order valence-electron chi connectivity index (χ1n) is 7.69. The Bertz CT molecular complexity index is 602. The normalized spacial score (nSPS) is 24.0. The van der Waals surface area contributed by atoms with Crippen LogP contribution in [0.4, 0.5) is 4.79 Å². The van der Waals surface area contributed by atoms with Crippen LogP contribution in [0.3, 0.4) is 0 Å². The van der Waals surface area contributed by atoms with Crippen molar-refractivity contribution < 1.29 is 28.6 Å². The fourth-order valence-electron chi connectivity index (χ4n) is 2.59. The van der Waals surface area contributed by atoms with E-state index in [0.29, 0.717) is 0 Å². The third-order valence-electron chi connectivity index (χ3n) is 4.08. The molecule has 1 amide bonds. The molecule has 1 aromatic rings. The van der Waals surface area contributed by atoms with Crippen LogP contribution in [0.1, 0.15) is 19.4 Å². The lowest BCUT2D eigenvalue weighted by molar-refractivity contribution is -0.154. The van der Waals surface area contributed by atoms with Gasteiger partial charge in [0.25, 0.3) is 0 Å². The van der Waals surface area contributed by atoms with Gasteiger partial charge in [-0.05, 0) is 19.4 Å². The summed E-state index contributed by atoms with van der Waals surface area (Å²) < 4.78 is 15.1. The van der Waals surface area contributed by atoms with Crippen LogP contribution in [-0.4, -0.2) is 37.3 Å². The first-order valence-corrected chi connectivity index (χ1v) is 7.69. The summed E-state index contributed by atoms with van der Waals surface area (Å²) in [5.41, 5.74) is 0.846. The molecule has 0 bridgehead atoms. The van der Waals surface area contributed by atoms with Crippen molar-refractivity contribution in [2.45, 2.75) is 32.6 Å². The number of cyclic esters (lactones) is 1. The number of nitrogens with one attached hydrogen (secondary N) is 1. The molecule has 24 heavy (non-hydrogen) atoms. The minimum atomic E-state index is -0.788. The van der Waals surface area contributed by atoms with Crippen molar-refractivity contribution in [3.05, 3.63) is 35.9 Å². The molecule has 0 radical (unpaired) electrons. The number of hydrogen-bond donors (Lipinski definition) is 1. The van der Waals surface area contributed by atoms with Crippen molar-refractivity contribution in [2.24, 2.45) is 11.8 Å². The molecule has 0 aromatic heterocycles. The Balaban J connectivity index is 1.97.